The molecular formula is C12H17N3O2. The van der Waals surface area contributed by atoms with Gasteiger partial charge in [0.15, 0.2) is 0 Å². The molecule has 0 saturated heterocycles. The first kappa shape index (κ1) is 11.8. The lowest BCUT2D eigenvalue weighted by Crippen LogP contribution is -2.31. The largest absolute Gasteiger partial charge is 0.480 e. The first-order valence-corrected chi connectivity index (χ1v) is 5.89. The summed E-state index contributed by atoms with van der Waals surface area (Å²) in [4.78, 5) is 19.3. The SMILES string of the molecule is CC(C)c1cc(NC(C(=O)O)C2CC2)ncn1. The fourth-order valence-corrected chi connectivity index (χ4v) is 1.74. The van der Waals surface area contributed by atoms with E-state index in [-0.39, 0.29) is 5.92 Å². The van der Waals surface area contributed by atoms with Gasteiger partial charge in [-0.05, 0) is 24.7 Å². The molecule has 0 aliphatic heterocycles. The van der Waals surface area contributed by atoms with Gasteiger partial charge >= 0.3 is 5.97 Å². The molecule has 1 fully saturated rings. The van der Waals surface area contributed by atoms with Crippen LogP contribution in [-0.4, -0.2) is 27.1 Å². The number of anilines is 1. The monoisotopic (exact) mass is 235 g/mol. The third kappa shape index (κ3) is 2.93. The zero-order valence-electron chi connectivity index (χ0n) is 10.1. The van der Waals surface area contributed by atoms with Crippen molar-refractivity contribution in [2.75, 3.05) is 5.32 Å². The first-order valence-electron chi connectivity index (χ1n) is 5.89. The number of carbonyl (C=O) groups is 1. The minimum absolute atomic E-state index is 0.241. The lowest BCUT2D eigenvalue weighted by atomic mass is 10.1. The number of hydrogen-bond donors (Lipinski definition) is 2. The Balaban J connectivity index is 2.11. The van der Waals surface area contributed by atoms with E-state index in [0.29, 0.717) is 11.7 Å². The second-order valence-corrected chi connectivity index (χ2v) is 4.78. The van der Waals surface area contributed by atoms with E-state index in [4.69, 9.17) is 5.11 Å². The molecule has 1 saturated carbocycles. The van der Waals surface area contributed by atoms with Gasteiger partial charge in [0.1, 0.15) is 18.2 Å². The number of aromatic nitrogens is 2. The van der Waals surface area contributed by atoms with Crippen molar-refractivity contribution in [1.82, 2.24) is 9.97 Å². The summed E-state index contributed by atoms with van der Waals surface area (Å²) >= 11 is 0. The van der Waals surface area contributed by atoms with E-state index in [1.165, 1.54) is 6.33 Å². The van der Waals surface area contributed by atoms with E-state index in [9.17, 15) is 4.79 Å². The Morgan fingerprint density at radius 2 is 2.18 bits per heavy atom. The summed E-state index contributed by atoms with van der Waals surface area (Å²) in [5, 5.41) is 12.1. The van der Waals surface area contributed by atoms with Gasteiger partial charge in [0, 0.05) is 11.8 Å². The Labute approximate surface area is 100 Å². The summed E-state index contributed by atoms with van der Waals surface area (Å²) in [6.45, 7) is 4.09. The van der Waals surface area contributed by atoms with Crippen LogP contribution in [0.2, 0.25) is 0 Å². The molecule has 1 aromatic heterocycles. The van der Waals surface area contributed by atoms with Gasteiger partial charge in [-0.15, -0.1) is 0 Å². The van der Waals surface area contributed by atoms with Gasteiger partial charge in [-0.3, -0.25) is 0 Å². The standard InChI is InChI=1S/C12H17N3O2/c1-7(2)9-5-10(14-6-13-9)15-11(12(16)17)8-3-4-8/h5-8,11H,3-4H2,1-2H3,(H,16,17)(H,13,14,15). The number of hydrogen-bond acceptors (Lipinski definition) is 4. The van der Waals surface area contributed by atoms with Crippen molar-refractivity contribution in [3.8, 4) is 0 Å². The number of aliphatic carboxylic acids is 1. The predicted octanol–water partition coefficient (Wildman–Crippen LogP) is 1.88. The topological polar surface area (TPSA) is 75.1 Å². The van der Waals surface area contributed by atoms with Crippen LogP contribution in [0.3, 0.4) is 0 Å². The summed E-state index contributed by atoms with van der Waals surface area (Å²) in [6, 6.07) is 1.30. The molecule has 1 aliphatic rings. The smallest absolute Gasteiger partial charge is 0.326 e. The maximum atomic E-state index is 11.1. The van der Waals surface area contributed by atoms with E-state index in [1.807, 2.05) is 19.9 Å². The highest BCUT2D eigenvalue weighted by atomic mass is 16.4. The summed E-state index contributed by atoms with van der Waals surface area (Å²) in [7, 11) is 0. The molecular weight excluding hydrogens is 218 g/mol. The van der Waals surface area contributed by atoms with E-state index in [0.717, 1.165) is 18.5 Å². The summed E-state index contributed by atoms with van der Waals surface area (Å²) in [5.74, 6) is 0.341. The highest BCUT2D eigenvalue weighted by Gasteiger charge is 2.36. The molecule has 1 atom stereocenters. The summed E-state index contributed by atoms with van der Waals surface area (Å²) in [5.41, 5.74) is 0.919. The van der Waals surface area contributed by atoms with Crippen LogP contribution < -0.4 is 5.32 Å². The molecule has 0 radical (unpaired) electrons. The molecule has 17 heavy (non-hydrogen) atoms. The van der Waals surface area contributed by atoms with Gasteiger partial charge in [0.25, 0.3) is 0 Å². The van der Waals surface area contributed by atoms with E-state index >= 15 is 0 Å². The van der Waals surface area contributed by atoms with E-state index in [2.05, 4.69) is 15.3 Å². The molecule has 2 N–H and O–H groups in total. The van der Waals surface area contributed by atoms with Crippen molar-refractivity contribution in [2.24, 2.45) is 5.92 Å². The predicted molar refractivity (Wildman–Crippen MR) is 63.9 cm³/mol. The van der Waals surface area contributed by atoms with Gasteiger partial charge in [0.2, 0.25) is 0 Å². The molecule has 0 aromatic carbocycles. The molecule has 1 aliphatic carbocycles. The molecule has 1 heterocycles. The van der Waals surface area contributed by atoms with Crippen molar-refractivity contribution in [3.05, 3.63) is 18.1 Å². The van der Waals surface area contributed by atoms with Crippen LogP contribution in [0, 0.1) is 5.92 Å². The van der Waals surface area contributed by atoms with Gasteiger partial charge < -0.3 is 10.4 Å². The Hall–Kier alpha value is -1.65. The van der Waals surface area contributed by atoms with Crippen LogP contribution in [0.15, 0.2) is 12.4 Å². The molecule has 5 nitrogen and oxygen atoms in total. The number of nitrogens with one attached hydrogen (secondary N) is 1. The fourth-order valence-electron chi connectivity index (χ4n) is 1.74. The Kier molecular flexibility index (Phi) is 3.26. The second kappa shape index (κ2) is 4.69. The maximum absolute atomic E-state index is 11.1. The molecule has 0 bridgehead atoms. The molecule has 0 spiro atoms. The quantitative estimate of drug-likeness (QED) is 0.815. The number of nitrogens with zero attached hydrogens (tertiary/aromatic N) is 2. The maximum Gasteiger partial charge on any atom is 0.326 e. The highest BCUT2D eigenvalue weighted by molar-refractivity contribution is 5.77. The zero-order valence-corrected chi connectivity index (χ0v) is 10.1. The fraction of sp³-hybridized carbons (Fsp3) is 0.583. The van der Waals surface area contributed by atoms with Crippen LogP contribution in [-0.2, 0) is 4.79 Å². The summed E-state index contributed by atoms with van der Waals surface area (Å²) < 4.78 is 0. The van der Waals surface area contributed by atoms with Gasteiger partial charge in [0.05, 0.1) is 0 Å². The first-order chi connectivity index (χ1) is 8.08. The third-order valence-corrected chi connectivity index (χ3v) is 2.94. The van der Waals surface area contributed by atoms with Crippen molar-refractivity contribution < 1.29 is 9.90 Å². The average molecular weight is 235 g/mol. The van der Waals surface area contributed by atoms with Crippen LogP contribution in [0.4, 0.5) is 5.82 Å². The molecule has 5 heteroatoms. The van der Waals surface area contributed by atoms with Crippen molar-refractivity contribution in [1.29, 1.82) is 0 Å². The van der Waals surface area contributed by atoms with Gasteiger partial charge in [-0.1, -0.05) is 13.8 Å². The van der Waals surface area contributed by atoms with Crippen molar-refractivity contribution in [2.45, 2.75) is 38.6 Å². The zero-order chi connectivity index (χ0) is 12.4. The second-order valence-electron chi connectivity index (χ2n) is 4.78. The number of carboxylic acid groups (broad SMARTS) is 1. The van der Waals surface area contributed by atoms with E-state index < -0.39 is 12.0 Å². The lowest BCUT2D eigenvalue weighted by Gasteiger charge is -2.14. The Morgan fingerprint density at radius 1 is 1.47 bits per heavy atom. The highest BCUT2D eigenvalue weighted by Crippen LogP contribution is 2.34. The molecule has 1 unspecified atom stereocenters. The number of carboxylic acids is 1. The average Bonchev–Trinajstić information content (AvgIpc) is 3.09. The van der Waals surface area contributed by atoms with Gasteiger partial charge in [-0.2, -0.15) is 0 Å². The van der Waals surface area contributed by atoms with Crippen LogP contribution in [0.5, 0.6) is 0 Å². The number of rotatable bonds is 5. The van der Waals surface area contributed by atoms with Crippen LogP contribution in [0.25, 0.3) is 0 Å². The normalized spacial score (nSPS) is 16.9. The van der Waals surface area contributed by atoms with Gasteiger partial charge in [-0.25, -0.2) is 14.8 Å². The lowest BCUT2D eigenvalue weighted by molar-refractivity contribution is -0.138. The minimum atomic E-state index is -0.808. The molecule has 92 valence electrons. The molecule has 1 aromatic rings. The third-order valence-electron chi connectivity index (χ3n) is 2.94. The van der Waals surface area contributed by atoms with Crippen LogP contribution in [0.1, 0.15) is 38.3 Å². The molecule has 2 rings (SSSR count). The Morgan fingerprint density at radius 3 is 2.71 bits per heavy atom. The molecule has 0 amide bonds. The van der Waals surface area contributed by atoms with E-state index in [1.54, 1.807) is 0 Å². The van der Waals surface area contributed by atoms with Crippen LogP contribution >= 0.6 is 0 Å². The minimum Gasteiger partial charge on any atom is -0.480 e. The van der Waals surface area contributed by atoms with Crippen molar-refractivity contribution in [3.63, 3.8) is 0 Å². The Bertz CT molecular complexity index is 416. The van der Waals surface area contributed by atoms with Crippen molar-refractivity contribution >= 4 is 11.8 Å². The summed E-state index contributed by atoms with van der Waals surface area (Å²) in [6.07, 6.45) is 3.43.